The number of aromatic nitrogens is 2. The Morgan fingerprint density at radius 3 is 2.75 bits per heavy atom. The molecule has 1 aromatic heterocycles. The molecule has 1 aliphatic heterocycles. The molecule has 1 N–H and O–H groups in total. The van der Waals surface area contributed by atoms with Gasteiger partial charge in [-0.2, -0.15) is 0 Å². The van der Waals surface area contributed by atoms with E-state index in [1.54, 1.807) is 7.11 Å². The minimum Gasteiger partial charge on any atom is -0.377 e. The first-order chi connectivity index (χ1) is 11.6. The van der Waals surface area contributed by atoms with Crippen LogP contribution in [0.25, 0.3) is 0 Å². The number of nitrogens with one attached hydrogen (secondary N) is 1. The summed E-state index contributed by atoms with van der Waals surface area (Å²) in [5.41, 5.74) is 3.07. The monoisotopic (exact) mass is 329 g/mol. The van der Waals surface area contributed by atoms with Crippen LogP contribution >= 0.6 is 0 Å². The Bertz CT molecular complexity index is 700. The van der Waals surface area contributed by atoms with Gasteiger partial charge < -0.3 is 19.5 Å². The first kappa shape index (κ1) is 16.8. The zero-order valence-corrected chi connectivity index (χ0v) is 14.3. The van der Waals surface area contributed by atoms with Crippen molar-refractivity contribution < 1.29 is 14.2 Å². The highest BCUT2D eigenvalue weighted by molar-refractivity contribution is 5.38. The lowest BCUT2D eigenvalue weighted by atomic mass is 10.0. The van der Waals surface area contributed by atoms with Crippen LogP contribution in [0.1, 0.15) is 29.6 Å². The topological polar surface area (TPSA) is 65.5 Å². The number of ether oxygens (including phenoxy) is 3. The normalized spacial score (nSPS) is 16.3. The minimum absolute atomic E-state index is 0.402. The van der Waals surface area contributed by atoms with Gasteiger partial charge in [0.2, 0.25) is 0 Å². The van der Waals surface area contributed by atoms with Gasteiger partial charge in [0.15, 0.2) is 11.6 Å². The fourth-order valence-corrected chi connectivity index (χ4v) is 2.75. The summed E-state index contributed by atoms with van der Waals surface area (Å²) in [7, 11) is 1.64. The van der Waals surface area contributed by atoms with Crippen molar-refractivity contribution in [3.8, 4) is 0 Å². The molecule has 24 heavy (non-hydrogen) atoms. The third-order valence-corrected chi connectivity index (χ3v) is 3.94. The van der Waals surface area contributed by atoms with Crippen molar-refractivity contribution in [1.29, 1.82) is 0 Å². The maximum atomic E-state index is 5.73. The quantitative estimate of drug-likeness (QED) is 0.879. The third-order valence-electron chi connectivity index (χ3n) is 3.94. The molecule has 0 unspecified atom stereocenters. The molecule has 0 bridgehead atoms. The SMILES string of the molecule is COCc1nc(C)cc(NCc2cccc(C3(C)OCCO3)c2)n1. The summed E-state index contributed by atoms with van der Waals surface area (Å²) >= 11 is 0. The molecule has 1 aromatic carbocycles. The molecule has 0 aliphatic carbocycles. The lowest BCUT2D eigenvalue weighted by Crippen LogP contribution is -2.22. The van der Waals surface area contributed by atoms with Crippen LogP contribution in [-0.2, 0) is 33.1 Å². The Kier molecular flexibility index (Phi) is 5.08. The van der Waals surface area contributed by atoms with Crippen molar-refractivity contribution in [3.05, 3.63) is 53.0 Å². The average Bonchev–Trinajstić information content (AvgIpc) is 3.01. The van der Waals surface area contributed by atoms with Gasteiger partial charge in [-0.1, -0.05) is 18.2 Å². The number of anilines is 1. The number of methoxy groups -OCH3 is 1. The van der Waals surface area contributed by atoms with Crippen LogP contribution in [0.2, 0.25) is 0 Å². The molecule has 1 aliphatic rings. The van der Waals surface area contributed by atoms with Crippen LogP contribution in [0.5, 0.6) is 0 Å². The summed E-state index contributed by atoms with van der Waals surface area (Å²) in [6.07, 6.45) is 0. The fourth-order valence-electron chi connectivity index (χ4n) is 2.75. The van der Waals surface area contributed by atoms with E-state index in [1.807, 2.05) is 32.0 Å². The number of hydrogen-bond acceptors (Lipinski definition) is 6. The van der Waals surface area contributed by atoms with Gasteiger partial charge in [-0.05, 0) is 25.5 Å². The maximum absolute atomic E-state index is 5.73. The average molecular weight is 329 g/mol. The smallest absolute Gasteiger partial charge is 0.192 e. The predicted molar refractivity (Wildman–Crippen MR) is 90.5 cm³/mol. The Morgan fingerprint density at radius 1 is 1.21 bits per heavy atom. The zero-order chi connectivity index (χ0) is 17.0. The van der Waals surface area contributed by atoms with E-state index in [4.69, 9.17) is 14.2 Å². The van der Waals surface area contributed by atoms with E-state index in [0.717, 1.165) is 22.6 Å². The second kappa shape index (κ2) is 7.25. The standard InChI is InChI=1S/C18H23N3O3/c1-13-9-16(21-17(20-13)12-22-3)19-11-14-5-4-6-15(10-14)18(2)23-7-8-24-18/h4-6,9-10H,7-8,11-12H2,1-3H3,(H,19,20,21). The molecular weight excluding hydrogens is 306 g/mol. The number of rotatable bonds is 6. The Morgan fingerprint density at radius 2 is 2.00 bits per heavy atom. The highest BCUT2D eigenvalue weighted by Crippen LogP contribution is 2.31. The molecule has 128 valence electrons. The van der Waals surface area contributed by atoms with E-state index in [1.165, 1.54) is 0 Å². The second-order valence-corrected chi connectivity index (χ2v) is 5.94. The predicted octanol–water partition coefficient (Wildman–Crippen LogP) is 2.76. The number of benzene rings is 1. The van der Waals surface area contributed by atoms with Gasteiger partial charge in [0.25, 0.3) is 0 Å². The van der Waals surface area contributed by atoms with Gasteiger partial charge >= 0.3 is 0 Å². The maximum Gasteiger partial charge on any atom is 0.192 e. The van der Waals surface area contributed by atoms with Crippen LogP contribution < -0.4 is 5.32 Å². The van der Waals surface area contributed by atoms with Crippen LogP contribution in [0.4, 0.5) is 5.82 Å². The number of nitrogens with zero attached hydrogens (tertiary/aromatic N) is 2. The summed E-state index contributed by atoms with van der Waals surface area (Å²) in [6, 6.07) is 10.1. The van der Waals surface area contributed by atoms with Crippen LogP contribution in [0.3, 0.4) is 0 Å². The molecule has 0 amide bonds. The minimum atomic E-state index is -0.646. The molecule has 6 nitrogen and oxygen atoms in total. The lowest BCUT2D eigenvalue weighted by Gasteiger charge is -2.23. The fraction of sp³-hybridized carbons (Fsp3) is 0.444. The van der Waals surface area contributed by atoms with E-state index < -0.39 is 5.79 Å². The molecular formula is C18H23N3O3. The number of aryl methyl sites for hydroxylation is 1. The molecule has 1 fully saturated rings. The van der Waals surface area contributed by atoms with Crippen molar-refractivity contribution in [2.24, 2.45) is 0 Å². The van der Waals surface area contributed by atoms with Crippen LogP contribution in [0, 0.1) is 6.92 Å². The summed E-state index contributed by atoms with van der Waals surface area (Å²) in [4.78, 5) is 8.80. The first-order valence-electron chi connectivity index (χ1n) is 8.04. The van der Waals surface area contributed by atoms with Gasteiger partial charge in [-0.3, -0.25) is 0 Å². The Balaban J connectivity index is 1.71. The lowest BCUT2D eigenvalue weighted by molar-refractivity contribution is -0.149. The molecule has 0 atom stereocenters. The Labute approximate surface area is 142 Å². The largest absolute Gasteiger partial charge is 0.377 e. The summed E-state index contributed by atoms with van der Waals surface area (Å²) < 4.78 is 16.6. The van der Waals surface area contributed by atoms with Gasteiger partial charge in [-0.15, -0.1) is 0 Å². The van der Waals surface area contributed by atoms with E-state index in [-0.39, 0.29) is 0 Å². The molecule has 3 rings (SSSR count). The molecule has 0 radical (unpaired) electrons. The first-order valence-corrected chi connectivity index (χ1v) is 8.04. The zero-order valence-electron chi connectivity index (χ0n) is 14.3. The second-order valence-electron chi connectivity index (χ2n) is 5.94. The molecule has 0 spiro atoms. The van der Waals surface area contributed by atoms with E-state index in [2.05, 4.69) is 27.4 Å². The van der Waals surface area contributed by atoms with Gasteiger partial charge in [0.1, 0.15) is 12.4 Å². The highest BCUT2D eigenvalue weighted by atomic mass is 16.7. The summed E-state index contributed by atoms with van der Waals surface area (Å²) in [5, 5.41) is 3.34. The third kappa shape index (κ3) is 3.90. The number of hydrogen-bond donors (Lipinski definition) is 1. The van der Waals surface area contributed by atoms with Crippen LogP contribution in [-0.4, -0.2) is 30.3 Å². The molecule has 2 heterocycles. The van der Waals surface area contributed by atoms with E-state index in [9.17, 15) is 0 Å². The van der Waals surface area contributed by atoms with Crippen molar-refractivity contribution >= 4 is 5.82 Å². The van der Waals surface area contributed by atoms with Gasteiger partial charge in [0, 0.05) is 31.0 Å². The van der Waals surface area contributed by atoms with E-state index in [0.29, 0.717) is 32.2 Å². The van der Waals surface area contributed by atoms with Gasteiger partial charge in [-0.25, -0.2) is 9.97 Å². The van der Waals surface area contributed by atoms with Crippen molar-refractivity contribution in [2.45, 2.75) is 32.8 Å². The van der Waals surface area contributed by atoms with Gasteiger partial charge in [0.05, 0.1) is 13.2 Å². The summed E-state index contributed by atoms with van der Waals surface area (Å²) in [5.74, 6) is 0.821. The van der Waals surface area contributed by atoms with E-state index >= 15 is 0 Å². The Hall–Kier alpha value is -2.02. The van der Waals surface area contributed by atoms with Crippen LogP contribution in [0.15, 0.2) is 30.3 Å². The van der Waals surface area contributed by atoms with Crippen molar-refractivity contribution in [3.63, 3.8) is 0 Å². The van der Waals surface area contributed by atoms with Crippen molar-refractivity contribution in [1.82, 2.24) is 9.97 Å². The highest BCUT2D eigenvalue weighted by Gasteiger charge is 2.33. The summed E-state index contributed by atoms with van der Waals surface area (Å²) in [6.45, 7) is 6.22. The molecule has 2 aromatic rings. The van der Waals surface area contributed by atoms with Crippen molar-refractivity contribution in [2.75, 3.05) is 25.6 Å². The molecule has 6 heteroatoms. The molecule has 1 saturated heterocycles. The molecule has 0 saturated carbocycles.